The molecule has 3 N–H and O–H groups in total. The van der Waals surface area contributed by atoms with Crippen LogP contribution in [0.25, 0.3) is 17.1 Å². The molecule has 0 aliphatic carbocycles. The van der Waals surface area contributed by atoms with Crippen molar-refractivity contribution >= 4 is 27.6 Å². The smallest absolute Gasteiger partial charge is 0.254 e. The number of halogens is 1. The number of nitrogens with one attached hydrogen (secondary N) is 1. The van der Waals surface area contributed by atoms with Gasteiger partial charge in [0.25, 0.3) is 5.95 Å². The van der Waals surface area contributed by atoms with Gasteiger partial charge in [-0.25, -0.2) is 4.68 Å². The van der Waals surface area contributed by atoms with Crippen molar-refractivity contribution < 1.29 is 0 Å². The lowest BCUT2D eigenvalue weighted by atomic mass is 10.1. The average molecular weight is 359 g/mol. The molecule has 1 aromatic carbocycles. The SMILES string of the molecule is CCNc1nc(-n2cc(-c3ccccc3)cn2)nc(N)c1Br. The van der Waals surface area contributed by atoms with Crippen molar-refractivity contribution in [2.75, 3.05) is 17.6 Å². The van der Waals surface area contributed by atoms with E-state index in [0.717, 1.165) is 17.7 Å². The third-order valence-corrected chi connectivity index (χ3v) is 3.89. The van der Waals surface area contributed by atoms with Gasteiger partial charge in [0.05, 0.1) is 6.20 Å². The lowest BCUT2D eigenvalue weighted by molar-refractivity contribution is 0.809. The topological polar surface area (TPSA) is 81.7 Å². The van der Waals surface area contributed by atoms with E-state index in [-0.39, 0.29) is 0 Å². The number of hydrogen-bond acceptors (Lipinski definition) is 5. The fraction of sp³-hybridized carbons (Fsp3) is 0.133. The maximum Gasteiger partial charge on any atom is 0.254 e. The predicted molar refractivity (Wildman–Crippen MR) is 90.9 cm³/mol. The zero-order chi connectivity index (χ0) is 15.5. The summed E-state index contributed by atoms with van der Waals surface area (Å²) in [6.07, 6.45) is 3.66. The van der Waals surface area contributed by atoms with Crippen LogP contribution in [-0.2, 0) is 0 Å². The quantitative estimate of drug-likeness (QED) is 0.748. The number of benzene rings is 1. The summed E-state index contributed by atoms with van der Waals surface area (Å²) in [7, 11) is 0. The first-order chi connectivity index (χ1) is 10.7. The first-order valence-electron chi connectivity index (χ1n) is 6.86. The summed E-state index contributed by atoms with van der Waals surface area (Å²) in [6, 6.07) is 10.0. The highest BCUT2D eigenvalue weighted by atomic mass is 79.9. The van der Waals surface area contributed by atoms with Crippen LogP contribution in [0.4, 0.5) is 11.6 Å². The first kappa shape index (κ1) is 14.5. The lowest BCUT2D eigenvalue weighted by Crippen LogP contribution is -2.09. The van der Waals surface area contributed by atoms with Gasteiger partial charge >= 0.3 is 0 Å². The molecule has 0 spiro atoms. The van der Waals surface area contributed by atoms with Crippen LogP contribution in [0, 0.1) is 0 Å². The van der Waals surface area contributed by atoms with Crippen LogP contribution >= 0.6 is 15.9 Å². The molecule has 0 saturated heterocycles. The van der Waals surface area contributed by atoms with Crippen LogP contribution in [0.5, 0.6) is 0 Å². The van der Waals surface area contributed by atoms with Crippen molar-refractivity contribution in [1.29, 1.82) is 0 Å². The maximum absolute atomic E-state index is 5.93. The summed E-state index contributed by atoms with van der Waals surface area (Å²) < 4.78 is 2.28. The molecule has 6 nitrogen and oxygen atoms in total. The molecule has 0 atom stereocenters. The van der Waals surface area contributed by atoms with Gasteiger partial charge in [0.2, 0.25) is 0 Å². The summed E-state index contributed by atoms with van der Waals surface area (Å²) in [6.45, 7) is 2.73. The van der Waals surface area contributed by atoms with Gasteiger partial charge in [-0.05, 0) is 28.4 Å². The number of nitrogen functional groups attached to an aromatic ring is 1. The van der Waals surface area contributed by atoms with Gasteiger partial charge in [0.15, 0.2) is 0 Å². The minimum atomic E-state index is 0.373. The minimum absolute atomic E-state index is 0.373. The second kappa shape index (κ2) is 6.15. The summed E-state index contributed by atoms with van der Waals surface area (Å²) in [4.78, 5) is 8.72. The molecule has 0 bridgehead atoms. The summed E-state index contributed by atoms with van der Waals surface area (Å²) in [5.74, 6) is 1.46. The Morgan fingerprint density at radius 3 is 2.68 bits per heavy atom. The highest BCUT2D eigenvalue weighted by Gasteiger charge is 2.12. The monoisotopic (exact) mass is 358 g/mol. The molecular formula is C15H15BrN6. The molecule has 0 saturated carbocycles. The van der Waals surface area contributed by atoms with Gasteiger partial charge in [0, 0.05) is 18.3 Å². The molecule has 0 fully saturated rings. The molecule has 3 rings (SSSR count). The van der Waals surface area contributed by atoms with Crippen LogP contribution in [0.1, 0.15) is 6.92 Å². The third kappa shape index (κ3) is 2.80. The Labute approximate surface area is 136 Å². The van der Waals surface area contributed by atoms with Crippen LogP contribution in [-0.4, -0.2) is 26.3 Å². The number of nitrogens with zero attached hydrogens (tertiary/aromatic N) is 4. The lowest BCUT2D eigenvalue weighted by Gasteiger charge is -2.09. The van der Waals surface area contributed by atoms with Gasteiger partial charge in [-0.1, -0.05) is 30.3 Å². The van der Waals surface area contributed by atoms with Gasteiger partial charge in [-0.2, -0.15) is 15.1 Å². The fourth-order valence-corrected chi connectivity index (χ4v) is 2.37. The standard InChI is InChI=1S/C15H15BrN6/c1-2-18-14-12(16)13(17)20-15(21-14)22-9-11(8-19-22)10-6-4-3-5-7-10/h3-9H,2H2,1H3,(H3,17,18,20,21). The maximum atomic E-state index is 5.93. The molecule has 22 heavy (non-hydrogen) atoms. The van der Waals surface area contributed by atoms with E-state index in [9.17, 15) is 0 Å². The zero-order valence-corrected chi connectivity index (χ0v) is 13.6. The average Bonchev–Trinajstić information content (AvgIpc) is 3.02. The van der Waals surface area contributed by atoms with E-state index < -0.39 is 0 Å². The summed E-state index contributed by atoms with van der Waals surface area (Å²) in [5, 5.41) is 7.47. The van der Waals surface area contributed by atoms with Crippen LogP contribution in [0.2, 0.25) is 0 Å². The molecule has 0 unspecified atom stereocenters. The van der Waals surface area contributed by atoms with Gasteiger partial charge in [-0.15, -0.1) is 0 Å². The summed E-state index contributed by atoms with van der Waals surface area (Å²) >= 11 is 3.39. The number of aromatic nitrogens is 4. The van der Waals surface area contributed by atoms with Crippen molar-refractivity contribution in [3.8, 4) is 17.1 Å². The Balaban J connectivity index is 2.00. The second-order valence-corrected chi connectivity index (χ2v) is 5.43. The molecule has 2 aromatic heterocycles. The molecule has 0 amide bonds. The molecule has 0 aliphatic heterocycles. The van der Waals surface area contributed by atoms with Crippen molar-refractivity contribution in [3.05, 3.63) is 47.2 Å². The van der Waals surface area contributed by atoms with Crippen LogP contribution in [0.15, 0.2) is 47.2 Å². The van der Waals surface area contributed by atoms with Crippen molar-refractivity contribution in [2.45, 2.75) is 6.92 Å². The van der Waals surface area contributed by atoms with E-state index in [1.54, 1.807) is 10.9 Å². The number of rotatable bonds is 4. The van der Waals surface area contributed by atoms with Crippen molar-refractivity contribution in [2.24, 2.45) is 0 Å². The molecule has 3 aromatic rings. The first-order valence-corrected chi connectivity index (χ1v) is 7.65. The van der Waals surface area contributed by atoms with Crippen molar-refractivity contribution in [3.63, 3.8) is 0 Å². The van der Waals surface area contributed by atoms with Crippen LogP contribution < -0.4 is 11.1 Å². The highest BCUT2D eigenvalue weighted by Crippen LogP contribution is 2.26. The molecule has 7 heteroatoms. The normalized spacial score (nSPS) is 10.6. The number of anilines is 2. The molecular weight excluding hydrogens is 344 g/mol. The summed E-state index contributed by atoms with van der Waals surface area (Å²) in [5.41, 5.74) is 8.01. The molecule has 0 aliphatic rings. The van der Waals surface area contributed by atoms with E-state index in [4.69, 9.17) is 5.73 Å². The van der Waals surface area contributed by atoms with E-state index >= 15 is 0 Å². The Bertz CT molecular complexity index is 784. The number of nitrogens with two attached hydrogens (primary N) is 1. The third-order valence-electron chi connectivity index (χ3n) is 3.10. The van der Waals surface area contributed by atoms with Gasteiger partial charge in [-0.3, -0.25) is 0 Å². The Morgan fingerprint density at radius 2 is 1.95 bits per heavy atom. The Kier molecular flexibility index (Phi) is 4.06. The van der Waals surface area contributed by atoms with Crippen LogP contribution in [0.3, 0.4) is 0 Å². The fourth-order valence-electron chi connectivity index (χ4n) is 2.05. The highest BCUT2D eigenvalue weighted by molar-refractivity contribution is 9.10. The zero-order valence-electron chi connectivity index (χ0n) is 12.0. The van der Waals surface area contributed by atoms with Gasteiger partial charge < -0.3 is 11.1 Å². The largest absolute Gasteiger partial charge is 0.383 e. The molecule has 112 valence electrons. The number of hydrogen-bond donors (Lipinski definition) is 2. The van der Waals surface area contributed by atoms with E-state index in [1.807, 2.05) is 43.5 Å². The second-order valence-electron chi connectivity index (χ2n) is 4.64. The minimum Gasteiger partial charge on any atom is -0.383 e. The van der Waals surface area contributed by atoms with Gasteiger partial charge in [0.1, 0.15) is 16.1 Å². The van der Waals surface area contributed by atoms with E-state index in [2.05, 4.69) is 36.3 Å². The Hall–Kier alpha value is -2.41. The van der Waals surface area contributed by atoms with Crippen molar-refractivity contribution in [1.82, 2.24) is 19.7 Å². The molecule has 0 radical (unpaired) electrons. The van der Waals surface area contributed by atoms with E-state index in [1.165, 1.54) is 0 Å². The Morgan fingerprint density at radius 1 is 1.18 bits per heavy atom. The molecule has 2 heterocycles. The predicted octanol–water partition coefficient (Wildman–Crippen LogP) is 3.11. The van der Waals surface area contributed by atoms with E-state index in [0.29, 0.717) is 22.1 Å².